The average molecular weight is 380 g/mol. The van der Waals surface area contributed by atoms with E-state index in [4.69, 9.17) is 0 Å². The maximum absolute atomic E-state index is 10.2. The number of hydrogen-bond acceptors (Lipinski definition) is 2. The highest BCUT2D eigenvalue weighted by atomic mass is 16.3. The number of aryl methyl sites for hydroxylation is 2. The molecule has 3 aromatic carbocycles. The quantitative estimate of drug-likeness (QED) is 0.558. The minimum absolute atomic E-state index is 0.315. The van der Waals surface area contributed by atoms with Crippen molar-refractivity contribution in [1.29, 1.82) is 0 Å². The lowest BCUT2D eigenvalue weighted by Crippen LogP contribution is -2.30. The van der Waals surface area contributed by atoms with Gasteiger partial charge in [-0.25, -0.2) is 0 Å². The summed E-state index contributed by atoms with van der Waals surface area (Å²) in [6.45, 7) is 3.90. The lowest BCUT2D eigenvalue weighted by Gasteiger charge is -2.37. The van der Waals surface area contributed by atoms with Crippen LogP contribution >= 0.6 is 0 Å². The molecule has 0 fully saturated rings. The van der Waals surface area contributed by atoms with Gasteiger partial charge in [-0.15, -0.1) is 0 Å². The normalized spacial score (nSPS) is 16.6. The van der Waals surface area contributed by atoms with Gasteiger partial charge in [0.25, 0.3) is 0 Å². The van der Waals surface area contributed by atoms with Gasteiger partial charge in [0.1, 0.15) is 11.5 Å². The summed E-state index contributed by atoms with van der Waals surface area (Å²) >= 11 is 0. The Morgan fingerprint density at radius 2 is 1.41 bits per heavy atom. The zero-order valence-electron chi connectivity index (χ0n) is 16.7. The first-order valence-corrected chi connectivity index (χ1v) is 10.1. The van der Waals surface area contributed by atoms with Crippen molar-refractivity contribution in [1.82, 2.24) is 0 Å². The maximum Gasteiger partial charge on any atom is 0.118 e. The lowest BCUT2D eigenvalue weighted by atomic mass is 9.65. The van der Waals surface area contributed by atoms with E-state index < -0.39 is 5.41 Å². The first-order valence-electron chi connectivity index (χ1n) is 10.1. The highest BCUT2D eigenvalue weighted by Crippen LogP contribution is 2.57. The molecule has 29 heavy (non-hydrogen) atoms. The highest BCUT2D eigenvalue weighted by Gasteiger charge is 2.47. The predicted octanol–water partition coefficient (Wildman–Crippen LogP) is 6.17. The Labute approximate surface area is 171 Å². The number of rotatable bonds is 2. The van der Waals surface area contributed by atoms with Gasteiger partial charge in [-0.2, -0.15) is 0 Å². The highest BCUT2D eigenvalue weighted by molar-refractivity contribution is 5.90. The van der Waals surface area contributed by atoms with Crippen LogP contribution in [0.4, 0.5) is 0 Å². The van der Waals surface area contributed by atoms with Crippen LogP contribution < -0.4 is 0 Å². The zero-order chi connectivity index (χ0) is 20.2. The minimum Gasteiger partial charge on any atom is -0.508 e. The molecule has 0 amide bonds. The third kappa shape index (κ3) is 2.42. The summed E-state index contributed by atoms with van der Waals surface area (Å²) in [6.07, 6.45) is 6.53. The largest absolute Gasteiger partial charge is 0.508 e. The Balaban J connectivity index is 1.93. The van der Waals surface area contributed by atoms with Gasteiger partial charge < -0.3 is 10.2 Å². The number of phenolic OH excluding ortho intramolecular Hbond substituents is 2. The van der Waals surface area contributed by atoms with E-state index in [2.05, 4.69) is 60.7 Å². The fraction of sp³-hybridized carbons (Fsp3) is 0.185. The molecular weight excluding hydrogens is 356 g/mol. The van der Waals surface area contributed by atoms with Gasteiger partial charge in [-0.1, -0.05) is 60.7 Å². The molecule has 5 rings (SSSR count). The monoisotopic (exact) mass is 380 g/mol. The molecule has 2 N–H and O–H groups in total. The van der Waals surface area contributed by atoms with Crippen LogP contribution in [0.3, 0.4) is 0 Å². The van der Waals surface area contributed by atoms with Crippen molar-refractivity contribution in [2.45, 2.75) is 32.1 Å². The Hall–Kier alpha value is -3.26. The van der Waals surface area contributed by atoms with Crippen LogP contribution in [0, 0.1) is 13.8 Å². The zero-order valence-corrected chi connectivity index (χ0v) is 16.7. The third-order valence-corrected chi connectivity index (χ3v) is 6.50. The minimum atomic E-state index is -0.423. The first-order chi connectivity index (χ1) is 14.0. The SMILES string of the molecule is Cc1cc(C2(c3ccc(O)c(C)c3)C3=C(C=CCC3)c3ccccc32)ccc1O. The van der Waals surface area contributed by atoms with Crippen LogP contribution in [0.1, 0.15) is 46.2 Å². The van der Waals surface area contributed by atoms with E-state index in [0.29, 0.717) is 11.5 Å². The molecule has 0 spiro atoms. The van der Waals surface area contributed by atoms with Crippen molar-refractivity contribution >= 4 is 5.57 Å². The van der Waals surface area contributed by atoms with Gasteiger partial charge >= 0.3 is 0 Å². The number of allylic oxidation sites excluding steroid dienone is 4. The van der Waals surface area contributed by atoms with Gasteiger partial charge in [0, 0.05) is 0 Å². The van der Waals surface area contributed by atoms with Gasteiger partial charge in [0.05, 0.1) is 5.41 Å². The fourth-order valence-corrected chi connectivity index (χ4v) is 5.12. The molecule has 0 saturated heterocycles. The summed E-state index contributed by atoms with van der Waals surface area (Å²) in [4.78, 5) is 0. The van der Waals surface area contributed by atoms with E-state index in [1.54, 1.807) is 12.1 Å². The topological polar surface area (TPSA) is 40.5 Å². The molecule has 0 bridgehead atoms. The Morgan fingerprint density at radius 1 is 0.793 bits per heavy atom. The van der Waals surface area contributed by atoms with E-state index in [-0.39, 0.29) is 0 Å². The molecular formula is C27H24O2. The second-order valence-corrected chi connectivity index (χ2v) is 8.13. The van der Waals surface area contributed by atoms with E-state index in [9.17, 15) is 10.2 Å². The predicted molar refractivity (Wildman–Crippen MR) is 117 cm³/mol. The molecule has 2 aliphatic carbocycles. The molecule has 0 radical (unpaired) electrons. The molecule has 2 nitrogen and oxygen atoms in total. The number of benzene rings is 3. The third-order valence-electron chi connectivity index (χ3n) is 6.50. The lowest BCUT2D eigenvalue weighted by molar-refractivity contribution is 0.470. The summed E-state index contributed by atoms with van der Waals surface area (Å²) in [5, 5.41) is 20.4. The molecule has 0 unspecified atom stereocenters. The van der Waals surface area contributed by atoms with Crippen molar-refractivity contribution < 1.29 is 10.2 Å². The molecule has 0 aliphatic heterocycles. The van der Waals surface area contributed by atoms with Crippen LogP contribution in [0.2, 0.25) is 0 Å². The summed E-state index contributed by atoms with van der Waals surface area (Å²) in [6, 6.07) is 20.6. The molecule has 0 heterocycles. The Morgan fingerprint density at radius 3 is 2.03 bits per heavy atom. The van der Waals surface area contributed by atoms with Gasteiger partial charge in [-0.05, 0) is 83.3 Å². The molecule has 3 aromatic rings. The number of aromatic hydroxyl groups is 2. The fourth-order valence-electron chi connectivity index (χ4n) is 5.12. The van der Waals surface area contributed by atoms with Crippen molar-refractivity contribution in [3.8, 4) is 11.5 Å². The average Bonchev–Trinajstić information content (AvgIpc) is 3.04. The van der Waals surface area contributed by atoms with Gasteiger partial charge in [-0.3, -0.25) is 0 Å². The summed E-state index contributed by atoms with van der Waals surface area (Å²) in [7, 11) is 0. The van der Waals surface area contributed by atoms with E-state index in [0.717, 1.165) is 35.1 Å². The molecule has 0 aromatic heterocycles. The van der Waals surface area contributed by atoms with Crippen LogP contribution in [0.5, 0.6) is 11.5 Å². The molecule has 2 heteroatoms. The van der Waals surface area contributed by atoms with Crippen molar-refractivity contribution in [2.24, 2.45) is 0 Å². The molecule has 0 atom stereocenters. The van der Waals surface area contributed by atoms with Gasteiger partial charge in [0.2, 0.25) is 0 Å². The summed E-state index contributed by atoms with van der Waals surface area (Å²) < 4.78 is 0. The molecule has 144 valence electrons. The molecule has 2 aliphatic rings. The van der Waals surface area contributed by atoms with E-state index in [1.807, 2.05) is 13.8 Å². The second kappa shape index (κ2) is 6.38. The first kappa shape index (κ1) is 17.8. The van der Waals surface area contributed by atoms with Crippen LogP contribution in [-0.2, 0) is 5.41 Å². The van der Waals surface area contributed by atoms with E-state index in [1.165, 1.54) is 22.3 Å². The van der Waals surface area contributed by atoms with Crippen molar-refractivity contribution in [2.75, 3.05) is 0 Å². The summed E-state index contributed by atoms with van der Waals surface area (Å²) in [5.41, 5.74) is 8.89. The van der Waals surface area contributed by atoms with E-state index >= 15 is 0 Å². The maximum atomic E-state index is 10.2. The second-order valence-electron chi connectivity index (χ2n) is 8.13. The smallest absolute Gasteiger partial charge is 0.118 e. The van der Waals surface area contributed by atoms with Crippen LogP contribution in [0.15, 0.2) is 78.4 Å². The Bertz CT molecular complexity index is 1150. The van der Waals surface area contributed by atoms with Crippen molar-refractivity contribution in [3.05, 3.63) is 112 Å². The number of fused-ring (bicyclic) bond motifs is 2. The molecule has 0 saturated carbocycles. The van der Waals surface area contributed by atoms with Crippen LogP contribution in [0.25, 0.3) is 5.57 Å². The summed E-state index contributed by atoms with van der Waals surface area (Å²) in [5.74, 6) is 0.629. The van der Waals surface area contributed by atoms with Gasteiger partial charge in [0.15, 0.2) is 0 Å². The number of hydrogen-bond donors (Lipinski definition) is 2. The standard InChI is InChI=1S/C27H24O2/c1-17-15-19(11-13-25(17)28)27(20-12-14-26(29)18(2)16-20)23-9-5-3-7-21(23)22-8-4-6-10-24(22)27/h3-5,7-9,11-16,28-29H,6,10H2,1-2H3. The Kier molecular flexibility index (Phi) is 3.92. The number of phenols is 2. The van der Waals surface area contributed by atoms with Crippen LogP contribution in [-0.4, -0.2) is 10.2 Å². The van der Waals surface area contributed by atoms with Crippen molar-refractivity contribution in [3.63, 3.8) is 0 Å².